The Morgan fingerprint density at radius 3 is 2.44 bits per heavy atom. The fraction of sp³-hybridized carbons (Fsp3) is 0.250. The van der Waals surface area contributed by atoms with Crippen LogP contribution in [0.15, 0.2) is 65.7 Å². The van der Waals surface area contributed by atoms with Gasteiger partial charge in [-0.2, -0.15) is 0 Å². The predicted molar refractivity (Wildman–Crippen MR) is 137 cm³/mol. The number of hydrogen-bond donors (Lipinski definition) is 1. The Labute approximate surface area is 206 Å². The van der Waals surface area contributed by atoms with Gasteiger partial charge in [-0.3, -0.25) is 9.36 Å². The highest BCUT2D eigenvalue weighted by Gasteiger charge is 2.14. The lowest BCUT2D eigenvalue weighted by Crippen LogP contribution is -2.34. The van der Waals surface area contributed by atoms with Crippen molar-refractivity contribution in [3.63, 3.8) is 0 Å². The van der Waals surface area contributed by atoms with E-state index in [2.05, 4.69) is 19.9 Å². The van der Waals surface area contributed by atoms with E-state index in [9.17, 15) is 13.6 Å². The summed E-state index contributed by atoms with van der Waals surface area (Å²) in [5.74, 6) is -0.974. The van der Waals surface area contributed by atoms with Crippen LogP contribution in [0.3, 0.4) is 0 Å². The van der Waals surface area contributed by atoms with Crippen molar-refractivity contribution in [1.82, 2.24) is 24.4 Å². The Balaban J connectivity index is 1.32. The lowest BCUT2D eigenvalue weighted by Gasteiger charge is -2.26. The lowest BCUT2D eigenvalue weighted by molar-refractivity contribution is 0.220. The van der Waals surface area contributed by atoms with Crippen LogP contribution in [0.2, 0.25) is 0 Å². The fourth-order valence-electron chi connectivity index (χ4n) is 4.93. The molecule has 36 heavy (non-hydrogen) atoms. The molecule has 1 aliphatic heterocycles. The summed E-state index contributed by atoms with van der Waals surface area (Å²) in [5.41, 5.74) is 3.97. The Bertz CT molecular complexity index is 1630. The fourth-order valence-corrected chi connectivity index (χ4v) is 4.93. The highest BCUT2D eigenvalue weighted by molar-refractivity contribution is 5.88. The molecule has 1 N–H and O–H groups in total. The lowest BCUT2D eigenvalue weighted by atomic mass is 10.0. The zero-order valence-corrected chi connectivity index (χ0v) is 19.7. The molecule has 2 aromatic heterocycles. The number of benzene rings is 3. The normalized spacial score (nSPS) is 14.6. The molecule has 1 saturated heterocycles. The molecule has 3 aromatic carbocycles. The number of halogens is 2. The van der Waals surface area contributed by atoms with Crippen molar-refractivity contribution in [2.24, 2.45) is 0 Å². The quantitative estimate of drug-likeness (QED) is 0.363. The van der Waals surface area contributed by atoms with Crippen LogP contribution in [0.4, 0.5) is 8.78 Å². The molecule has 0 atom stereocenters. The number of fused-ring (bicyclic) bond motifs is 2. The van der Waals surface area contributed by atoms with E-state index in [1.165, 1.54) is 31.4 Å². The van der Waals surface area contributed by atoms with Gasteiger partial charge < -0.3 is 9.88 Å². The van der Waals surface area contributed by atoms with Gasteiger partial charge in [0.25, 0.3) is 5.56 Å². The van der Waals surface area contributed by atoms with Crippen molar-refractivity contribution in [3.05, 3.63) is 82.9 Å². The highest BCUT2D eigenvalue weighted by atomic mass is 19.1. The van der Waals surface area contributed by atoms with Gasteiger partial charge in [-0.25, -0.2) is 18.7 Å². The summed E-state index contributed by atoms with van der Waals surface area (Å²) >= 11 is 0. The van der Waals surface area contributed by atoms with E-state index in [-0.39, 0.29) is 11.1 Å². The third-order valence-corrected chi connectivity index (χ3v) is 6.93. The van der Waals surface area contributed by atoms with Crippen LogP contribution in [0.25, 0.3) is 44.5 Å². The minimum Gasteiger partial charge on any atom is -0.338 e. The molecular formula is C28H25F2N5O. The molecule has 1 fully saturated rings. The number of nitrogens with one attached hydrogen (secondary N) is 1. The second-order valence-electron chi connectivity index (χ2n) is 9.32. The van der Waals surface area contributed by atoms with Gasteiger partial charge >= 0.3 is 0 Å². The molecular weight excluding hydrogens is 460 g/mol. The molecule has 6 nitrogen and oxygen atoms in total. The highest BCUT2D eigenvalue weighted by Crippen LogP contribution is 2.28. The molecule has 5 aromatic rings. The van der Waals surface area contributed by atoms with Crippen LogP contribution >= 0.6 is 0 Å². The maximum atomic E-state index is 14.2. The van der Waals surface area contributed by atoms with Gasteiger partial charge in [0, 0.05) is 19.2 Å². The van der Waals surface area contributed by atoms with Crippen LogP contribution in [-0.2, 0) is 6.54 Å². The second kappa shape index (κ2) is 9.28. The SMILES string of the molecule is O=c1c2cc(-c3ccc4nc(-c5ccc(F)cc5F)[nH]c4c3)ccc2ncn1CCN1CCCCC1. The molecule has 0 radical (unpaired) electrons. The van der Waals surface area contributed by atoms with Gasteiger partial charge in [0.15, 0.2) is 0 Å². The summed E-state index contributed by atoms with van der Waals surface area (Å²) in [4.78, 5) is 27.7. The monoisotopic (exact) mass is 485 g/mol. The first-order valence-electron chi connectivity index (χ1n) is 12.2. The van der Waals surface area contributed by atoms with Crippen molar-refractivity contribution in [1.29, 1.82) is 0 Å². The number of likely N-dealkylation sites (tertiary alicyclic amines) is 1. The largest absolute Gasteiger partial charge is 0.338 e. The van der Waals surface area contributed by atoms with E-state index in [0.29, 0.717) is 28.8 Å². The van der Waals surface area contributed by atoms with Gasteiger partial charge in [-0.15, -0.1) is 0 Å². The van der Waals surface area contributed by atoms with Crippen molar-refractivity contribution in [2.75, 3.05) is 19.6 Å². The third kappa shape index (κ3) is 4.28. The first-order valence-corrected chi connectivity index (χ1v) is 12.2. The number of H-pyrrole nitrogens is 1. The minimum absolute atomic E-state index is 0.0458. The minimum atomic E-state index is -0.673. The maximum absolute atomic E-state index is 14.2. The first kappa shape index (κ1) is 22.5. The van der Waals surface area contributed by atoms with Crippen molar-refractivity contribution < 1.29 is 8.78 Å². The molecule has 182 valence electrons. The average Bonchev–Trinajstić information content (AvgIpc) is 3.32. The molecule has 0 aliphatic carbocycles. The van der Waals surface area contributed by atoms with E-state index < -0.39 is 11.6 Å². The zero-order chi connectivity index (χ0) is 24.6. The number of imidazole rings is 1. The van der Waals surface area contributed by atoms with E-state index in [0.717, 1.165) is 42.3 Å². The van der Waals surface area contributed by atoms with Crippen LogP contribution in [0.1, 0.15) is 19.3 Å². The number of nitrogens with zero attached hydrogens (tertiary/aromatic N) is 4. The molecule has 6 rings (SSSR count). The molecule has 0 saturated carbocycles. The van der Waals surface area contributed by atoms with Gasteiger partial charge in [0.1, 0.15) is 17.5 Å². The summed E-state index contributed by atoms with van der Waals surface area (Å²) < 4.78 is 29.2. The van der Waals surface area contributed by atoms with Gasteiger partial charge in [0.2, 0.25) is 0 Å². The van der Waals surface area contributed by atoms with Crippen LogP contribution in [-0.4, -0.2) is 44.1 Å². The molecule has 1 aliphatic rings. The van der Waals surface area contributed by atoms with Crippen molar-refractivity contribution in [3.8, 4) is 22.5 Å². The molecule has 0 bridgehead atoms. The van der Waals surface area contributed by atoms with E-state index in [1.807, 2.05) is 36.4 Å². The van der Waals surface area contributed by atoms with Gasteiger partial charge in [0.05, 0.1) is 33.8 Å². The zero-order valence-electron chi connectivity index (χ0n) is 19.7. The van der Waals surface area contributed by atoms with Crippen LogP contribution in [0.5, 0.6) is 0 Å². The van der Waals surface area contributed by atoms with E-state index in [4.69, 9.17) is 0 Å². The van der Waals surface area contributed by atoms with Crippen molar-refractivity contribution >= 4 is 21.9 Å². The topological polar surface area (TPSA) is 66.8 Å². The second-order valence-corrected chi connectivity index (χ2v) is 9.32. The Morgan fingerprint density at radius 2 is 1.64 bits per heavy atom. The molecule has 8 heteroatoms. The molecule has 0 spiro atoms. The number of piperidine rings is 1. The van der Waals surface area contributed by atoms with Crippen LogP contribution in [0, 0.1) is 11.6 Å². The average molecular weight is 486 g/mol. The summed E-state index contributed by atoms with van der Waals surface area (Å²) in [5, 5.41) is 0.576. The summed E-state index contributed by atoms with van der Waals surface area (Å²) in [6.45, 7) is 3.64. The summed E-state index contributed by atoms with van der Waals surface area (Å²) in [6, 6.07) is 14.8. The van der Waals surface area contributed by atoms with Crippen LogP contribution < -0.4 is 5.56 Å². The van der Waals surface area contributed by atoms with E-state index >= 15 is 0 Å². The summed E-state index contributed by atoms with van der Waals surface area (Å²) in [7, 11) is 0. The van der Waals surface area contributed by atoms with E-state index in [1.54, 1.807) is 10.9 Å². The Hall–Kier alpha value is -3.91. The Morgan fingerprint density at radius 1 is 0.861 bits per heavy atom. The van der Waals surface area contributed by atoms with Crippen molar-refractivity contribution in [2.45, 2.75) is 25.8 Å². The molecule has 0 unspecified atom stereocenters. The molecule has 0 amide bonds. The standard InChI is InChI=1S/C28H25F2N5O/c29-20-6-7-21(23(30)16-20)27-32-25-9-5-19(15-26(25)33-27)18-4-8-24-22(14-18)28(36)35(17-31-24)13-12-34-10-2-1-3-11-34/h4-9,14-17H,1-3,10-13H2,(H,32,33). The molecule has 3 heterocycles. The van der Waals surface area contributed by atoms with Gasteiger partial charge in [-0.1, -0.05) is 18.6 Å². The number of rotatable bonds is 5. The third-order valence-electron chi connectivity index (χ3n) is 6.93. The predicted octanol–water partition coefficient (Wildman–Crippen LogP) is 5.37. The maximum Gasteiger partial charge on any atom is 0.261 e. The number of hydrogen-bond acceptors (Lipinski definition) is 4. The first-order chi connectivity index (χ1) is 17.5. The smallest absolute Gasteiger partial charge is 0.261 e. The van der Waals surface area contributed by atoms with Gasteiger partial charge in [-0.05, 0) is 73.5 Å². The number of aromatic amines is 1. The number of aromatic nitrogens is 4. The summed E-state index contributed by atoms with van der Waals surface area (Å²) in [6.07, 6.45) is 5.36. The Kier molecular flexibility index (Phi) is 5.81.